The monoisotopic (exact) mass is 283 g/mol. The molecule has 0 amide bonds. The molecule has 2 aromatic rings. The lowest BCUT2D eigenvalue weighted by Gasteiger charge is -2.30. The van der Waals surface area contributed by atoms with Gasteiger partial charge < -0.3 is 5.32 Å². The summed E-state index contributed by atoms with van der Waals surface area (Å²) in [6.07, 6.45) is 8.16. The third-order valence-corrected chi connectivity index (χ3v) is 4.60. The van der Waals surface area contributed by atoms with E-state index in [1.54, 1.807) is 0 Å². The molecule has 1 heterocycles. The summed E-state index contributed by atoms with van der Waals surface area (Å²) in [6, 6.07) is 11.6. The minimum atomic E-state index is 0.597. The molecule has 1 saturated carbocycles. The number of hydrogen-bond acceptors (Lipinski definition) is 2. The van der Waals surface area contributed by atoms with E-state index >= 15 is 0 Å². The molecule has 0 saturated heterocycles. The van der Waals surface area contributed by atoms with Gasteiger partial charge in [0.2, 0.25) is 0 Å². The first kappa shape index (κ1) is 14.2. The molecule has 1 fully saturated rings. The van der Waals surface area contributed by atoms with Crippen LogP contribution in [0.15, 0.2) is 36.5 Å². The Bertz CT molecular complexity index is 565. The molecule has 112 valence electrons. The smallest absolute Gasteiger partial charge is 0.0853 e. The van der Waals surface area contributed by atoms with Crippen molar-refractivity contribution in [2.45, 2.75) is 51.0 Å². The van der Waals surface area contributed by atoms with E-state index < -0.39 is 0 Å². The number of anilines is 1. The van der Waals surface area contributed by atoms with Gasteiger partial charge in [-0.25, -0.2) is 0 Å². The average Bonchev–Trinajstić information content (AvgIpc) is 2.88. The van der Waals surface area contributed by atoms with Gasteiger partial charge in [0, 0.05) is 19.3 Å². The fourth-order valence-corrected chi connectivity index (χ4v) is 3.43. The second-order valence-electron chi connectivity index (χ2n) is 6.12. The van der Waals surface area contributed by atoms with Crippen LogP contribution in [0.3, 0.4) is 0 Å². The van der Waals surface area contributed by atoms with Gasteiger partial charge in [-0.05, 0) is 43.6 Å². The van der Waals surface area contributed by atoms with Crippen molar-refractivity contribution in [1.82, 2.24) is 9.78 Å². The van der Waals surface area contributed by atoms with E-state index in [1.165, 1.54) is 42.6 Å². The Hall–Kier alpha value is -1.77. The molecule has 3 nitrogen and oxygen atoms in total. The molecule has 0 bridgehead atoms. The maximum Gasteiger partial charge on any atom is 0.0853 e. The lowest BCUT2D eigenvalue weighted by atomic mass is 9.82. The Kier molecular flexibility index (Phi) is 4.28. The van der Waals surface area contributed by atoms with Gasteiger partial charge >= 0.3 is 0 Å². The second kappa shape index (κ2) is 6.33. The summed E-state index contributed by atoms with van der Waals surface area (Å²) in [5.74, 6) is 0.740. The maximum absolute atomic E-state index is 4.51. The van der Waals surface area contributed by atoms with Gasteiger partial charge in [0.1, 0.15) is 0 Å². The predicted molar refractivity (Wildman–Crippen MR) is 87.6 cm³/mol. The van der Waals surface area contributed by atoms with E-state index in [9.17, 15) is 0 Å². The fourth-order valence-electron chi connectivity index (χ4n) is 3.43. The SMILES string of the molecule is CCc1nn(C)cc1NC1CCC(c2ccccc2)CC1. The number of nitrogens with one attached hydrogen (secondary N) is 1. The van der Waals surface area contributed by atoms with Crippen molar-refractivity contribution in [3.05, 3.63) is 47.8 Å². The summed E-state index contributed by atoms with van der Waals surface area (Å²) < 4.78 is 1.91. The summed E-state index contributed by atoms with van der Waals surface area (Å²) >= 11 is 0. The molecule has 0 spiro atoms. The highest BCUT2D eigenvalue weighted by Crippen LogP contribution is 2.34. The van der Waals surface area contributed by atoms with Crippen molar-refractivity contribution in [2.75, 3.05) is 5.32 Å². The van der Waals surface area contributed by atoms with E-state index in [0.29, 0.717) is 6.04 Å². The quantitative estimate of drug-likeness (QED) is 0.914. The van der Waals surface area contributed by atoms with Gasteiger partial charge in [0.25, 0.3) is 0 Å². The second-order valence-corrected chi connectivity index (χ2v) is 6.12. The number of aromatic nitrogens is 2. The molecular weight excluding hydrogens is 258 g/mol. The topological polar surface area (TPSA) is 29.9 Å². The molecule has 1 aliphatic rings. The van der Waals surface area contributed by atoms with Gasteiger partial charge in [-0.15, -0.1) is 0 Å². The Morgan fingerprint density at radius 1 is 1.14 bits per heavy atom. The molecular formula is C18H25N3. The first-order valence-electron chi connectivity index (χ1n) is 8.10. The van der Waals surface area contributed by atoms with Crippen molar-refractivity contribution in [3.63, 3.8) is 0 Å². The molecule has 3 heteroatoms. The van der Waals surface area contributed by atoms with Gasteiger partial charge in [-0.2, -0.15) is 5.10 Å². The number of hydrogen-bond donors (Lipinski definition) is 1. The lowest BCUT2D eigenvalue weighted by molar-refractivity contribution is 0.412. The van der Waals surface area contributed by atoms with E-state index in [4.69, 9.17) is 0 Å². The maximum atomic E-state index is 4.51. The number of benzene rings is 1. The summed E-state index contributed by atoms with van der Waals surface area (Å²) in [5, 5.41) is 8.22. The first-order valence-corrected chi connectivity index (χ1v) is 8.10. The zero-order valence-electron chi connectivity index (χ0n) is 13.0. The van der Waals surface area contributed by atoms with Crippen LogP contribution in [0.25, 0.3) is 0 Å². The van der Waals surface area contributed by atoms with Gasteiger partial charge in [-0.3, -0.25) is 4.68 Å². The van der Waals surface area contributed by atoms with Gasteiger partial charge in [0.05, 0.1) is 11.4 Å². The molecule has 0 radical (unpaired) electrons. The number of nitrogens with zero attached hydrogens (tertiary/aromatic N) is 2. The van der Waals surface area contributed by atoms with Crippen molar-refractivity contribution in [3.8, 4) is 0 Å². The van der Waals surface area contributed by atoms with Crippen LogP contribution < -0.4 is 5.32 Å². The van der Waals surface area contributed by atoms with Gasteiger partial charge in [-0.1, -0.05) is 37.3 Å². The highest BCUT2D eigenvalue weighted by molar-refractivity contribution is 5.47. The minimum Gasteiger partial charge on any atom is -0.380 e. The molecule has 1 aromatic carbocycles. The van der Waals surface area contributed by atoms with Crippen LogP contribution in [0.2, 0.25) is 0 Å². The van der Waals surface area contributed by atoms with Crippen LogP contribution >= 0.6 is 0 Å². The first-order chi connectivity index (χ1) is 10.3. The van der Waals surface area contributed by atoms with Crippen LogP contribution in [0.4, 0.5) is 5.69 Å². The summed E-state index contributed by atoms with van der Waals surface area (Å²) in [7, 11) is 2.00. The van der Waals surface area contributed by atoms with Crippen LogP contribution in [-0.4, -0.2) is 15.8 Å². The lowest BCUT2D eigenvalue weighted by Crippen LogP contribution is -2.25. The van der Waals surface area contributed by atoms with E-state index in [0.717, 1.165) is 12.3 Å². The van der Waals surface area contributed by atoms with E-state index in [-0.39, 0.29) is 0 Å². The molecule has 1 N–H and O–H groups in total. The van der Waals surface area contributed by atoms with E-state index in [2.05, 4.69) is 53.9 Å². The zero-order valence-corrected chi connectivity index (χ0v) is 13.0. The Morgan fingerprint density at radius 3 is 2.52 bits per heavy atom. The normalized spacial score (nSPS) is 22.2. The van der Waals surface area contributed by atoms with Crippen molar-refractivity contribution < 1.29 is 0 Å². The Morgan fingerprint density at radius 2 is 1.86 bits per heavy atom. The zero-order chi connectivity index (χ0) is 14.7. The van der Waals surface area contributed by atoms with Crippen molar-refractivity contribution >= 4 is 5.69 Å². The molecule has 3 rings (SSSR count). The Labute approximate surface area is 127 Å². The van der Waals surface area contributed by atoms with Crippen molar-refractivity contribution in [2.24, 2.45) is 7.05 Å². The predicted octanol–water partition coefficient (Wildman–Crippen LogP) is 4.12. The molecule has 1 aliphatic carbocycles. The number of rotatable bonds is 4. The molecule has 0 unspecified atom stereocenters. The highest BCUT2D eigenvalue weighted by Gasteiger charge is 2.23. The van der Waals surface area contributed by atoms with E-state index in [1.807, 2.05) is 11.7 Å². The average molecular weight is 283 g/mol. The third-order valence-electron chi connectivity index (χ3n) is 4.60. The van der Waals surface area contributed by atoms with Crippen LogP contribution in [-0.2, 0) is 13.5 Å². The molecule has 0 aliphatic heterocycles. The van der Waals surface area contributed by atoms with Crippen molar-refractivity contribution in [1.29, 1.82) is 0 Å². The molecule has 21 heavy (non-hydrogen) atoms. The summed E-state index contributed by atoms with van der Waals surface area (Å²) in [6.45, 7) is 2.17. The highest BCUT2D eigenvalue weighted by atomic mass is 15.3. The van der Waals surface area contributed by atoms with Crippen LogP contribution in [0.1, 0.15) is 49.8 Å². The van der Waals surface area contributed by atoms with Crippen LogP contribution in [0.5, 0.6) is 0 Å². The summed E-state index contributed by atoms with van der Waals surface area (Å²) in [5.41, 5.74) is 3.91. The largest absolute Gasteiger partial charge is 0.380 e. The standard InChI is InChI=1S/C18H25N3/c1-3-17-18(13-21(2)20-17)19-16-11-9-15(10-12-16)14-7-5-4-6-8-14/h4-8,13,15-16,19H,3,9-12H2,1-2H3. The minimum absolute atomic E-state index is 0.597. The Balaban J connectivity index is 1.58. The molecule has 1 aromatic heterocycles. The number of aryl methyl sites for hydroxylation is 2. The van der Waals surface area contributed by atoms with Gasteiger partial charge in [0.15, 0.2) is 0 Å². The third kappa shape index (κ3) is 3.29. The van der Waals surface area contributed by atoms with Crippen LogP contribution in [0, 0.1) is 0 Å². The molecule has 0 atom stereocenters. The summed E-state index contributed by atoms with van der Waals surface area (Å²) in [4.78, 5) is 0. The fraction of sp³-hybridized carbons (Fsp3) is 0.500.